The van der Waals surface area contributed by atoms with E-state index in [0.717, 1.165) is 101 Å². The van der Waals surface area contributed by atoms with E-state index in [0.29, 0.717) is 4.90 Å². The molecular formula is C44H85O3PS. The van der Waals surface area contributed by atoms with E-state index in [-0.39, 0.29) is 0 Å². The zero-order valence-corrected chi connectivity index (χ0v) is 35.9. The summed E-state index contributed by atoms with van der Waals surface area (Å²) < 4.78 is 37.0. The molecule has 5 heteroatoms. The first-order valence-corrected chi connectivity index (χ1v) is 26.1. The van der Waals surface area contributed by atoms with Crippen molar-refractivity contribution in [2.75, 3.05) is 24.6 Å². The molecule has 0 aliphatic rings. The van der Waals surface area contributed by atoms with E-state index in [9.17, 15) is 8.42 Å². The van der Waals surface area contributed by atoms with Gasteiger partial charge in [-0.05, 0) is 0 Å². The average molecular weight is 725 g/mol. The SMILES string of the molecule is CCCCCCCCc1ccc(S(=O)(=O)OP(CC)(CCCC)(CCCC)CCCC)c(CCCCCCCC)c1CCCCCCCC. The molecule has 0 fully saturated rings. The maximum absolute atomic E-state index is 15.0. The van der Waals surface area contributed by atoms with E-state index >= 15 is 0 Å². The van der Waals surface area contributed by atoms with E-state index in [2.05, 4.69) is 54.5 Å². The van der Waals surface area contributed by atoms with Crippen LogP contribution in [0.2, 0.25) is 0 Å². The van der Waals surface area contributed by atoms with Gasteiger partial charge in [-0.15, -0.1) is 0 Å². The van der Waals surface area contributed by atoms with Gasteiger partial charge in [0.15, 0.2) is 0 Å². The van der Waals surface area contributed by atoms with Gasteiger partial charge in [-0.25, -0.2) is 0 Å². The smallest absolute Gasteiger partial charge is 0.0654 e. The summed E-state index contributed by atoms with van der Waals surface area (Å²) in [5, 5.41) is 0. The fourth-order valence-corrected chi connectivity index (χ4v) is 17.6. The molecule has 290 valence electrons. The summed E-state index contributed by atoms with van der Waals surface area (Å²) >= 11 is 0. The quantitative estimate of drug-likeness (QED) is 0.0525. The zero-order valence-electron chi connectivity index (χ0n) is 34.2. The minimum Gasteiger partial charge on any atom is -0.0654 e. The molecule has 0 heterocycles. The van der Waals surface area contributed by atoms with Gasteiger partial charge in [-0.1, -0.05) is 20.3 Å². The zero-order chi connectivity index (χ0) is 36.3. The Balaban J connectivity index is 3.70. The average Bonchev–Trinajstić information content (AvgIpc) is 3.10. The van der Waals surface area contributed by atoms with E-state index in [1.54, 1.807) is 0 Å². The normalized spacial score (nSPS) is 13.2. The van der Waals surface area contributed by atoms with Crippen molar-refractivity contribution in [1.82, 2.24) is 0 Å². The summed E-state index contributed by atoms with van der Waals surface area (Å²) in [6.45, 7) is 12.8. The fourth-order valence-electron chi connectivity index (χ4n) is 8.00. The molecule has 0 saturated heterocycles. The van der Waals surface area contributed by atoms with Crippen molar-refractivity contribution in [3.63, 3.8) is 0 Å². The molecule has 0 aliphatic carbocycles. The molecule has 3 nitrogen and oxygen atoms in total. The third-order valence-electron chi connectivity index (χ3n) is 11.5. The van der Waals surface area contributed by atoms with Crippen LogP contribution in [-0.4, -0.2) is 33.1 Å². The number of rotatable bonds is 34. The van der Waals surface area contributed by atoms with E-state index in [4.69, 9.17) is 3.97 Å². The van der Waals surface area contributed by atoms with Gasteiger partial charge in [-0.3, -0.25) is 0 Å². The van der Waals surface area contributed by atoms with Crippen molar-refractivity contribution in [3.8, 4) is 0 Å². The maximum atomic E-state index is 15.0. The Hall–Kier alpha value is -0.440. The first-order valence-electron chi connectivity index (χ1n) is 21.8. The van der Waals surface area contributed by atoms with Gasteiger partial charge < -0.3 is 0 Å². The molecular weight excluding hydrogens is 640 g/mol. The van der Waals surface area contributed by atoms with Crippen LogP contribution in [0.25, 0.3) is 0 Å². The molecule has 49 heavy (non-hydrogen) atoms. The summed E-state index contributed by atoms with van der Waals surface area (Å²) in [7, 11) is -3.92. The summed E-state index contributed by atoms with van der Waals surface area (Å²) in [6.07, 6.45) is 35.7. The molecule has 1 rings (SSSR count). The Morgan fingerprint density at radius 3 is 1.22 bits per heavy atom. The second-order valence-electron chi connectivity index (χ2n) is 15.7. The molecule has 1 aromatic rings. The Labute approximate surface area is 308 Å². The molecule has 0 N–H and O–H groups in total. The first kappa shape index (κ1) is 46.6. The Bertz CT molecular complexity index is 1040. The molecule has 0 aliphatic heterocycles. The number of hydrogen-bond acceptors (Lipinski definition) is 3. The third kappa shape index (κ3) is 17.3. The number of unbranched alkanes of at least 4 members (excludes halogenated alkanes) is 18. The summed E-state index contributed by atoms with van der Waals surface area (Å²) in [5.74, 6) is 0. The van der Waals surface area contributed by atoms with Gasteiger partial charge in [-0.2, -0.15) is 0 Å². The third-order valence-corrected chi connectivity index (χ3v) is 20.8. The van der Waals surface area contributed by atoms with Gasteiger partial charge in [0, 0.05) is 0 Å². The second-order valence-corrected chi connectivity index (χ2v) is 23.3. The molecule has 0 amide bonds. The minimum absolute atomic E-state index is 0.528. The van der Waals surface area contributed by atoms with Crippen molar-refractivity contribution < 1.29 is 12.4 Å². The van der Waals surface area contributed by atoms with E-state index in [1.165, 1.54) is 114 Å². The van der Waals surface area contributed by atoms with Crippen LogP contribution in [-0.2, 0) is 33.4 Å². The second kappa shape index (κ2) is 27.2. The first-order chi connectivity index (χ1) is 23.7. The van der Waals surface area contributed by atoms with Crippen LogP contribution in [0, 0.1) is 0 Å². The van der Waals surface area contributed by atoms with Crippen molar-refractivity contribution in [2.45, 2.75) is 227 Å². The standard InChI is InChI=1S/C44H85O3PS/c1-8-15-21-24-27-30-33-41-36-37-44(43(35-32-29-26-23-17-10-3)42(41)34-31-28-25-22-16-9-2)49(45,46)47-48(14-7,38-18-11-4,39-19-12-5)40-20-13-6/h36-37H,8-35,38-40H2,1-7H3. The minimum atomic E-state index is -3.92. The Morgan fingerprint density at radius 1 is 0.449 bits per heavy atom. The van der Waals surface area contributed by atoms with E-state index in [1.807, 2.05) is 6.07 Å². The van der Waals surface area contributed by atoms with Crippen LogP contribution >= 0.6 is 6.83 Å². The van der Waals surface area contributed by atoms with Crippen LogP contribution in [0.15, 0.2) is 17.0 Å². The van der Waals surface area contributed by atoms with Crippen LogP contribution in [0.1, 0.15) is 219 Å². The van der Waals surface area contributed by atoms with Gasteiger partial charge in [0.25, 0.3) is 0 Å². The van der Waals surface area contributed by atoms with Crippen molar-refractivity contribution in [1.29, 1.82) is 0 Å². The molecule has 0 radical (unpaired) electrons. The van der Waals surface area contributed by atoms with Gasteiger partial charge in [0.1, 0.15) is 0 Å². The van der Waals surface area contributed by atoms with Crippen LogP contribution < -0.4 is 0 Å². The molecule has 0 unspecified atom stereocenters. The molecule has 1 aromatic carbocycles. The topological polar surface area (TPSA) is 43.4 Å². The fraction of sp³-hybridized carbons (Fsp3) is 0.864. The Kier molecular flexibility index (Phi) is 25.9. The predicted octanol–water partition coefficient (Wildman–Crippen LogP) is 15.0. The number of hydrogen-bond donors (Lipinski definition) is 0. The molecule has 0 saturated carbocycles. The monoisotopic (exact) mass is 725 g/mol. The molecule has 0 spiro atoms. The van der Waals surface area contributed by atoms with Gasteiger partial charge in [0.2, 0.25) is 0 Å². The number of aryl methyl sites for hydroxylation is 1. The van der Waals surface area contributed by atoms with E-state index < -0.39 is 16.9 Å². The van der Waals surface area contributed by atoms with Gasteiger partial charge in [0.05, 0.1) is 0 Å². The molecule has 0 atom stereocenters. The van der Waals surface area contributed by atoms with Crippen molar-refractivity contribution in [2.24, 2.45) is 0 Å². The number of benzene rings is 1. The summed E-state index contributed by atoms with van der Waals surface area (Å²) in [4.78, 5) is 0.528. The van der Waals surface area contributed by atoms with Crippen molar-refractivity contribution in [3.05, 3.63) is 28.8 Å². The summed E-state index contributed by atoms with van der Waals surface area (Å²) in [5.41, 5.74) is 3.91. The van der Waals surface area contributed by atoms with Crippen LogP contribution in [0.3, 0.4) is 0 Å². The molecule has 0 bridgehead atoms. The van der Waals surface area contributed by atoms with Crippen molar-refractivity contribution >= 4 is 16.9 Å². The Morgan fingerprint density at radius 2 is 0.816 bits per heavy atom. The molecule has 0 aromatic heterocycles. The van der Waals surface area contributed by atoms with Gasteiger partial charge >= 0.3 is 289 Å². The van der Waals surface area contributed by atoms with Crippen LogP contribution in [0.5, 0.6) is 0 Å². The van der Waals surface area contributed by atoms with Crippen LogP contribution in [0.4, 0.5) is 0 Å². The predicted molar refractivity (Wildman–Crippen MR) is 223 cm³/mol. The summed E-state index contributed by atoms with van der Waals surface area (Å²) in [6, 6.07) is 4.21.